The van der Waals surface area contributed by atoms with E-state index in [9.17, 15) is 13.5 Å². The van der Waals surface area contributed by atoms with Gasteiger partial charge < -0.3 is 10.4 Å². The second kappa shape index (κ2) is 10.7. The summed E-state index contributed by atoms with van der Waals surface area (Å²) >= 11 is 0. The van der Waals surface area contributed by atoms with E-state index in [-0.39, 0.29) is 17.2 Å². The maximum absolute atomic E-state index is 12.4. The zero-order valence-electron chi connectivity index (χ0n) is 19.6. The zero-order valence-corrected chi connectivity index (χ0v) is 20.5. The molecule has 0 atom stereocenters. The largest absolute Gasteiger partial charge is 0.508 e. The molecule has 0 radical (unpaired) electrons. The summed E-state index contributed by atoms with van der Waals surface area (Å²) < 4.78 is 29.2. The maximum atomic E-state index is 12.4. The average molecular weight is 493 g/mol. The first-order valence-corrected chi connectivity index (χ1v) is 12.8. The van der Waals surface area contributed by atoms with E-state index >= 15 is 0 Å². The summed E-state index contributed by atoms with van der Waals surface area (Å²) in [5, 5.41) is 17.7. The van der Waals surface area contributed by atoms with E-state index in [1.165, 1.54) is 0 Å². The first-order chi connectivity index (χ1) is 16.9. The molecule has 0 fully saturated rings. The van der Waals surface area contributed by atoms with Gasteiger partial charge in [-0.3, -0.25) is 4.68 Å². The van der Waals surface area contributed by atoms with Crippen LogP contribution >= 0.6 is 0 Å². The van der Waals surface area contributed by atoms with Crippen LogP contribution in [0.1, 0.15) is 18.9 Å². The molecule has 2 aromatic heterocycles. The van der Waals surface area contributed by atoms with Gasteiger partial charge in [0.25, 0.3) is 0 Å². The van der Waals surface area contributed by atoms with Gasteiger partial charge in [-0.2, -0.15) is 5.10 Å². The maximum Gasteiger partial charge on any atom is 0.240 e. The number of rotatable bonds is 10. The number of aryl methyl sites for hydroxylation is 2. The van der Waals surface area contributed by atoms with Crippen molar-refractivity contribution in [3.05, 3.63) is 72.6 Å². The van der Waals surface area contributed by atoms with Crippen LogP contribution in [0.5, 0.6) is 5.75 Å². The molecule has 0 spiro atoms. The lowest BCUT2D eigenvalue weighted by Gasteiger charge is -2.09. The Labute approximate surface area is 204 Å². The summed E-state index contributed by atoms with van der Waals surface area (Å²) in [6, 6.07) is 15.5. The summed E-state index contributed by atoms with van der Waals surface area (Å²) in [4.78, 5) is 9.16. The van der Waals surface area contributed by atoms with Crippen molar-refractivity contribution in [3.8, 4) is 28.3 Å². The van der Waals surface area contributed by atoms with Crippen molar-refractivity contribution in [2.75, 3.05) is 18.4 Å². The first kappa shape index (κ1) is 24.4. The van der Waals surface area contributed by atoms with Gasteiger partial charge in [0.15, 0.2) is 0 Å². The van der Waals surface area contributed by atoms with Gasteiger partial charge in [0.1, 0.15) is 11.4 Å². The number of aromatic hydroxyl groups is 1. The lowest BCUT2D eigenvalue weighted by atomic mass is 10.1. The van der Waals surface area contributed by atoms with E-state index in [2.05, 4.69) is 25.1 Å². The number of nitrogens with one attached hydrogen (secondary N) is 2. The molecular weight excluding hydrogens is 464 g/mol. The van der Waals surface area contributed by atoms with Crippen LogP contribution in [0.25, 0.3) is 22.5 Å². The molecule has 0 unspecified atom stereocenters. The standard InChI is InChI=1S/C25H28N6O3S/c1-3-31-17-22(24(30-31)19-6-4-7-20(32)16-19)23-12-15-27-25(29-23)26-13-5-14-28-35(33,34)21-10-8-18(2)9-11-21/h4,6-12,15-17,28,32H,3,5,13-14H2,1-2H3,(H,26,27,29). The van der Waals surface area contributed by atoms with E-state index in [4.69, 9.17) is 0 Å². The molecule has 3 N–H and O–H groups in total. The van der Waals surface area contributed by atoms with Gasteiger partial charge in [0.2, 0.25) is 16.0 Å². The lowest BCUT2D eigenvalue weighted by molar-refractivity contribution is 0.475. The van der Waals surface area contributed by atoms with Gasteiger partial charge in [0.05, 0.1) is 10.6 Å². The minimum absolute atomic E-state index is 0.169. The SMILES string of the molecule is CCn1cc(-c2ccnc(NCCCNS(=O)(=O)c3ccc(C)cc3)n2)c(-c2cccc(O)c2)n1. The lowest BCUT2D eigenvalue weighted by Crippen LogP contribution is -2.26. The van der Waals surface area contributed by atoms with Crippen molar-refractivity contribution in [1.29, 1.82) is 0 Å². The molecule has 0 bridgehead atoms. The molecule has 35 heavy (non-hydrogen) atoms. The van der Waals surface area contributed by atoms with Crippen molar-refractivity contribution >= 4 is 16.0 Å². The highest BCUT2D eigenvalue weighted by molar-refractivity contribution is 7.89. The molecule has 4 rings (SSSR count). The second-order valence-corrected chi connectivity index (χ2v) is 9.82. The Kier molecular flexibility index (Phi) is 7.42. The molecule has 0 amide bonds. The van der Waals surface area contributed by atoms with E-state index in [0.29, 0.717) is 31.2 Å². The normalized spacial score (nSPS) is 11.5. The van der Waals surface area contributed by atoms with E-state index in [1.54, 1.807) is 48.7 Å². The summed E-state index contributed by atoms with van der Waals surface area (Å²) in [6.45, 7) is 5.39. The minimum atomic E-state index is -3.54. The number of aromatic nitrogens is 4. The number of hydrogen-bond acceptors (Lipinski definition) is 7. The number of sulfonamides is 1. The highest BCUT2D eigenvalue weighted by atomic mass is 32.2. The highest BCUT2D eigenvalue weighted by Gasteiger charge is 2.16. The predicted molar refractivity (Wildman–Crippen MR) is 136 cm³/mol. The Morgan fingerprint density at radius 2 is 1.86 bits per heavy atom. The summed E-state index contributed by atoms with van der Waals surface area (Å²) in [7, 11) is -3.54. The number of anilines is 1. The van der Waals surface area contributed by atoms with Crippen molar-refractivity contribution in [2.45, 2.75) is 31.7 Å². The molecule has 0 saturated carbocycles. The van der Waals surface area contributed by atoms with Crippen molar-refractivity contribution < 1.29 is 13.5 Å². The highest BCUT2D eigenvalue weighted by Crippen LogP contribution is 2.31. The van der Waals surface area contributed by atoms with Crippen LogP contribution < -0.4 is 10.0 Å². The fourth-order valence-electron chi connectivity index (χ4n) is 3.53. The molecule has 0 aliphatic carbocycles. The van der Waals surface area contributed by atoms with Crippen LogP contribution in [-0.4, -0.2) is 46.4 Å². The fourth-order valence-corrected chi connectivity index (χ4v) is 4.60. The monoisotopic (exact) mass is 492 g/mol. The molecule has 10 heteroatoms. The first-order valence-electron chi connectivity index (χ1n) is 11.4. The quantitative estimate of drug-likeness (QED) is 0.288. The van der Waals surface area contributed by atoms with Crippen LogP contribution in [0.2, 0.25) is 0 Å². The van der Waals surface area contributed by atoms with Crippen LogP contribution in [0.15, 0.2) is 71.9 Å². The third-order valence-electron chi connectivity index (χ3n) is 5.40. The zero-order chi connectivity index (χ0) is 24.8. The van der Waals surface area contributed by atoms with Gasteiger partial charge in [-0.15, -0.1) is 0 Å². The summed E-state index contributed by atoms with van der Waals surface area (Å²) in [5.41, 5.74) is 4.04. The minimum Gasteiger partial charge on any atom is -0.508 e. The number of nitrogens with zero attached hydrogens (tertiary/aromatic N) is 4. The molecule has 2 aromatic carbocycles. The van der Waals surface area contributed by atoms with Crippen molar-refractivity contribution in [2.24, 2.45) is 0 Å². The molecule has 9 nitrogen and oxygen atoms in total. The van der Waals surface area contributed by atoms with E-state index < -0.39 is 10.0 Å². The van der Waals surface area contributed by atoms with Gasteiger partial charge in [0, 0.05) is 43.2 Å². The topological polar surface area (TPSA) is 122 Å². The van der Waals surface area contributed by atoms with Crippen molar-refractivity contribution in [3.63, 3.8) is 0 Å². The van der Waals surface area contributed by atoms with Gasteiger partial charge in [-0.25, -0.2) is 23.1 Å². The number of phenols is 1. The third-order valence-corrected chi connectivity index (χ3v) is 6.87. The Hall–Kier alpha value is -3.76. The van der Waals surface area contributed by atoms with E-state index in [0.717, 1.165) is 22.4 Å². The summed E-state index contributed by atoms with van der Waals surface area (Å²) in [5.74, 6) is 0.609. The summed E-state index contributed by atoms with van der Waals surface area (Å²) in [6.07, 6.45) is 4.15. The van der Waals surface area contributed by atoms with Gasteiger partial charge >= 0.3 is 0 Å². The van der Waals surface area contributed by atoms with Crippen LogP contribution in [0, 0.1) is 6.92 Å². The van der Waals surface area contributed by atoms with Gasteiger partial charge in [-0.1, -0.05) is 29.8 Å². The molecule has 2 heterocycles. The number of hydrogen-bond donors (Lipinski definition) is 3. The molecule has 4 aromatic rings. The second-order valence-electron chi connectivity index (χ2n) is 8.05. The Morgan fingerprint density at radius 1 is 1.06 bits per heavy atom. The number of phenolic OH excluding ortho intramolecular Hbond substituents is 1. The van der Waals surface area contributed by atoms with Gasteiger partial charge in [-0.05, 0) is 50.6 Å². The molecule has 182 valence electrons. The van der Waals surface area contributed by atoms with Crippen LogP contribution in [0.3, 0.4) is 0 Å². The molecule has 0 aliphatic heterocycles. The average Bonchev–Trinajstić information content (AvgIpc) is 3.29. The predicted octanol–water partition coefficient (Wildman–Crippen LogP) is 3.82. The molecule has 0 saturated heterocycles. The Bertz CT molecular complexity index is 1400. The van der Waals surface area contributed by atoms with Crippen LogP contribution in [0.4, 0.5) is 5.95 Å². The van der Waals surface area contributed by atoms with E-state index in [1.807, 2.05) is 36.9 Å². The Balaban J connectivity index is 1.40. The van der Waals surface area contributed by atoms with Crippen molar-refractivity contribution in [1.82, 2.24) is 24.5 Å². The smallest absolute Gasteiger partial charge is 0.240 e. The molecular formula is C25H28N6O3S. The Morgan fingerprint density at radius 3 is 2.60 bits per heavy atom. The fraction of sp³-hybridized carbons (Fsp3) is 0.240. The van der Waals surface area contributed by atoms with Crippen LogP contribution in [-0.2, 0) is 16.6 Å². The molecule has 0 aliphatic rings. The third kappa shape index (κ3) is 6.03. The number of benzene rings is 2.